The summed E-state index contributed by atoms with van der Waals surface area (Å²) in [7, 11) is 0. The predicted octanol–water partition coefficient (Wildman–Crippen LogP) is 6.21. The zero-order valence-corrected chi connectivity index (χ0v) is 18.9. The minimum absolute atomic E-state index is 0.0715. The number of fused-ring (bicyclic) bond motifs is 2. The molecular formula is C27H19ClFNO4. The lowest BCUT2D eigenvalue weighted by molar-refractivity contribution is 0.0971. The van der Waals surface area contributed by atoms with E-state index in [4.69, 9.17) is 20.8 Å². The largest absolute Gasteiger partial charge is 0.490 e. The summed E-state index contributed by atoms with van der Waals surface area (Å²) in [6.45, 7) is 5.84. The van der Waals surface area contributed by atoms with Crippen molar-refractivity contribution in [2.24, 2.45) is 0 Å². The van der Waals surface area contributed by atoms with E-state index in [-0.39, 0.29) is 22.3 Å². The summed E-state index contributed by atoms with van der Waals surface area (Å²) >= 11 is 6.36. The molecule has 4 aromatic rings. The number of nitrogens with zero attached hydrogens (tertiary/aromatic N) is 1. The molecule has 170 valence electrons. The van der Waals surface area contributed by atoms with E-state index in [0.29, 0.717) is 28.6 Å². The van der Waals surface area contributed by atoms with E-state index >= 15 is 0 Å². The maximum absolute atomic E-state index is 13.9. The van der Waals surface area contributed by atoms with Crippen LogP contribution in [0.1, 0.15) is 33.3 Å². The molecule has 5 rings (SSSR count). The van der Waals surface area contributed by atoms with Gasteiger partial charge in [0.05, 0.1) is 17.0 Å². The van der Waals surface area contributed by atoms with E-state index in [1.165, 1.54) is 17.0 Å². The Morgan fingerprint density at radius 2 is 1.88 bits per heavy atom. The molecule has 5 nitrogen and oxygen atoms in total. The molecule has 0 fully saturated rings. The molecule has 34 heavy (non-hydrogen) atoms. The molecule has 0 aliphatic carbocycles. The van der Waals surface area contributed by atoms with Gasteiger partial charge in [-0.3, -0.25) is 14.5 Å². The maximum atomic E-state index is 13.9. The fraction of sp³-hybridized carbons (Fsp3) is 0.111. The van der Waals surface area contributed by atoms with Crippen LogP contribution in [0.25, 0.3) is 11.0 Å². The molecule has 1 aromatic heterocycles. The van der Waals surface area contributed by atoms with Gasteiger partial charge < -0.3 is 9.15 Å². The zero-order valence-electron chi connectivity index (χ0n) is 18.2. The number of anilines is 1. The quantitative estimate of drug-likeness (QED) is 0.322. The Kier molecular flexibility index (Phi) is 5.46. The standard InChI is InChI=1S/C27H19ClFNO4/c1-3-12-33-19-9-5-16(6-10-19)24-23-25(31)20-13-17(29)7-11-22(20)34-26(23)27(32)30(24)18-8-4-15(2)21(28)14-18/h3-11,13-14,24H,1,12H2,2H3. The van der Waals surface area contributed by atoms with Crippen LogP contribution in [-0.4, -0.2) is 12.5 Å². The van der Waals surface area contributed by atoms with Crippen LogP contribution < -0.4 is 15.1 Å². The summed E-state index contributed by atoms with van der Waals surface area (Å²) in [5, 5.41) is 0.561. The number of aryl methyl sites for hydroxylation is 1. The van der Waals surface area contributed by atoms with E-state index in [0.717, 1.165) is 11.6 Å². The summed E-state index contributed by atoms with van der Waals surface area (Å²) in [6.07, 6.45) is 1.64. The highest BCUT2D eigenvalue weighted by atomic mass is 35.5. The molecule has 1 aliphatic rings. The van der Waals surface area contributed by atoms with Gasteiger partial charge in [0, 0.05) is 10.7 Å². The van der Waals surface area contributed by atoms with Gasteiger partial charge in [-0.2, -0.15) is 0 Å². The molecule has 1 unspecified atom stereocenters. The third kappa shape index (κ3) is 3.56. The highest BCUT2D eigenvalue weighted by Crippen LogP contribution is 2.42. The van der Waals surface area contributed by atoms with Crippen molar-refractivity contribution in [3.8, 4) is 5.75 Å². The molecular weight excluding hydrogens is 457 g/mol. The van der Waals surface area contributed by atoms with Gasteiger partial charge in [-0.05, 0) is 60.5 Å². The van der Waals surface area contributed by atoms with Gasteiger partial charge in [0.2, 0.25) is 5.76 Å². The average molecular weight is 476 g/mol. The first kappa shape index (κ1) is 21.9. The van der Waals surface area contributed by atoms with E-state index in [1.54, 1.807) is 48.5 Å². The normalized spacial score (nSPS) is 15.0. The van der Waals surface area contributed by atoms with Gasteiger partial charge in [0.15, 0.2) is 5.43 Å². The first-order valence-corrected chi connectivity index (χ1v) is 11.0. The van der Waals surface area contributed by atoms with Crippen LogP contribution in [-0.2, 0) is 0 Å². The second-order valence-corrected chi connectivity index (χ2v) is 8.40. The average Bonchev–Trinajstić information content (AvgIpc) is 3.13. The van der Waals surface area contributed by atoms with Crippen molar-refractivity contribution in [1.29, 1.82) is 0 Å². The smallest absolute Gasteiger partial charge is 0.295 e. The van der Waals surface area contributed by atoms with Crippen molar-refractivity contribution in [2.45, 2.75) is 13.0 Å². The number of halogens is 2. The lowest BCUT2D eigenvalue weighted by Crippen LogP contribution is -2.29. The maximum Gasteiger partial charge on any atom is 0.295 e. The Labute approximate surface area is 199 Å². The number of hydrogen-bond donors (Lipinski definition) is 0. The summed E-state index contributed by atoms with van der Waals surface area (Å²) < 4.78 is 25.4. The van der Waals surface area contributed by atoms with Gasteiger partial charge in [0.25, 0.3) is 5.91 Å². The zero-order chi connectivity index (χ0) is 24.0. The fourth-order valence-corrected chi connectivity index (χ4v) is 4.33. The van der Waals surface area contributed by atoms with Crippen molar-refractivity contribution < 1.29 is 18.3 Å². The van der Waals surface area contributed by atoms with Crippen molar-refractivity contribution >= 4 is 34.2 Å². The van der Waals surface area contributed by atoms with Crippen LogP contribution >= 0.6 is 11.6 Å². The number of amides is 1. The molecule has 2 heterocycles. The Hall–Kier alpha value is -3.90. The van der Waals surface area contributed by atoms with Crippen molar-refractivity contribution in [3.05, 3.63) is 117 Å². The third-order valence-electron chi connectivity index (χ3n) is 5.83. The lowest BCUT2D eigenvalue weighted by atomic mass is 9.98. The Morgan fingerprint density at radius 1 is 1.12 bits per heavy atom. The molecule has 0 N–H and O–H groups in total. The summed E-state index contributed by atoms with van der Waals surface area (Å²) in [5.74, 6) is -0.495. The number of carbonyl (C=O) groups is 1. The first-order valence-electron chi connectivity index (χ1n) is 10.6. The fourth-order valence-electron chi connectivity index (χ4n) is 4.16. The molecule has 1 aliphatic heterocycles. The highest BCUT2D eigenvalue weighted by Gasteiger charge is 2.43. The van der Waals surface area contributed by atoms with E-state index in [2.05, 4.69) is 6.58 Å². The molecule has 7 heteroatoms. The second-order valence-electron chi connectivity index (χ2n) is 7.99. The number of hydrogen-bond acceptors (Lipinski definition) is 4. The van der Waals surface area contributed by atoms with E-state index in [1.807, 2.05) is 6.92 Å². The summed E-state index contributed by atoms with van der Waals surface area (Å²) in [4.78, 5) is 28.6. The molecule has 0 radical (unpaired) electrons. The number of rotatable bonds is 5. The molecule has 1 amide bonds. The van der Waals surface area contributed by atoms with Crippen LogP contribution in [0.5, 0.6) is 5.75 Å². The van der Waals surface area contributed by atoms with Gasteiger partial charge in [-0.25, -0.2) is 4.39 Å². The topological polar surface area (TPSA) is 59.8 Å². The Bertz CT molecular complexity index is 1510. The van der Waals surface area contributed by atoms with Crippen LogP contribution in [0.4, 0.5) is 10.1 Å². The van der Waals surface area contributed by atoms with Gasteiger partial charge in [-0.1, -0.05) is 42.5 Å². The molecule has 0 bridgehead atoms. The summed E-state index contributed by atoms with van der Waals surface area (Å²) in [5.41, 5.74) is 1.87. The highest BCUT2D eigenvalue weighted by molar-refractivity contribution is 6.31. The molecule has 1 atom stereocenters. The van der Waals surface area contributed by atoms with Crippen LogP contribution in [0.2, 0.25) is 5.02 Å². The van der Waals surface area contributed by atoms with Crippen molar-refractivity contribution in [2.75, 3.05) is 11.5 Å². The molecule has 3 aromatic carbocycles. The number of ether oxygens (including phenoxy) is 1. The number of benzene rings is 3. The van der Waals surface area contributed by atoms with Crippen molar-refractivity contribution in [1.82, 2.24) is 0 Å². The monoisotopic (exact) mass is 475 g/mol. The van der Waals surface area contributed by atoms with Gasteiger partial charge in [0.1, 0.15) is 23.8 Å². The van der Waals surface area contributed by atoms with E-state index < -0.39 is 23.2 Å². The van der Waals surface area contributed by atoms with Crippen LogP contribution in [0, 0.1) is 12.7 Å². The van der Waals surface area contributed by atoms with Crippen LogP contribution in [0.15, 0.2) is 82.5 Å². The minimum Gasteiger partial charge on any atom is -0.490 e. The van der Waals surface area contributed by atoms with Crippen LogP contribution in [0.3, 0.4) is 0 Å². The Balaban J connectivity index is 1.74. The van der Waals surface area contributed by atoms with Gasteiger partial charge in [-0.15, -0.1) is 0 Å². The minimum atomic E-state index is -0.793. The third-order valence-corrected chi connectivity index (χ3v) is 6.24. The lowest BCUT2D eigenvalue weighted by Gasteiger charge is -2.25. The summed E-state index contributed by atoms with van der Waals surface area (Å²) in [6, 6.07) is 15.2. The molecule has 0 spiro atoms. The van der Waals surface area contributed by atoms with Gasteiger partial charge >= 0.3 is 0 Å². The molecule has 0 saturated carbocycles. The number of carbonyl (C=O) groups excluding carboxylic acids is 1. The second kappa shape index (κ2) is 8.47. The first-order chi connectivity index (χ1) is 16.4. The molecule has 0 saturated heterocycles. The Morgan fingerprint density at radius 3 is 2.59 bits per heavy atom. The SMILES string of the molecule is C=CCOc1ccc(C2c3c(oc4ccc(F)cc4c3=O)C(=O)N2c2ccc(C)c(Cl)c2)cc1. The van der Waals surface area contributed by atoms with Crippen molar-refractivity contribution in [3.63, 3.8) is 0 Å². The van der Waals surface area contributed by atoms with E-state index in [9.17, 15) is 14.0 Å². The predicted molar refractivity (Wildman–Crippen MR) is 129 cm³/mol.